The second kappa shape index (κ2) is 8.14. The van der Waals surface area contributed by atoms with E-state index in [1.165, 1.54) is 13.8 Å². The minimum atomic E-state index is -0.107. The molecule has 0 atom stereocenters. The summed E-state index contributed by atoms with van der Waals surface area (Å²) in [4.78, 5) is 24.2. The molecule has 0 heterocycles. The number of nitrogens with one attached hydrogen (secondary N) is 1. The molecule has 0 fully saturated rings. The first-order chi connectivity index (χ1) is 9.97. The van der Waals surface area contributed by atoms with Crippen molar-refractivity contribution in [1.82, 2.24) is 10.2 Å². The fraction of sp³-hybridized carbons (Fsp3) is 0.467. The Morgan fingerprint density at radius 2 is 1.81 bits per heavy atom. The van der Waals surface area contributed by atoms with Crippen molar-refractivity contribution in [1.29, 1.82) is 0 Å². The highest BCUT2D eigenvalue weighted by atomic mass is 16.5. The van der Waals surface area contributed by atoms with Gasteiger partial charge in [-0.05, 0) is 17.7 Å². The molecule has 116 valence electrons. The van der Waals surface area contributed by atoms with Gasteiger partial charge in [0, 0.05) is 33.5 Å². The van der Waals surface area contributed by atoms with Gasteiger partial charge in [-0.1, -0.05) is 6.07 Å². The molecule has 6 nitrogen and oxygen atoms in total. The number of ether oxygens (including phenoxy) is 2. The van der Waals surface area contributed by atoms with Gasteiger partial charge in [-0.15, -0.1) is 0 Å². The van der Waals surface area contributed by atoms with Crippen LogP contribution in [-0.2, 0) is 16.1 Å². The zero-order valence-electron chi connectivity index (χ0n) is 12.9. The predicted octanol–water partition coefficient (Wildman–Crippen LogP) is 1.19. The Hall–Kier alpha value is -2.24. The Bertz CT molecular complexity index is 502. The van der Waals surface area contributed by atoms with Crippen molar-refractivity contribution >= 4 is 11.8 Å². The third-order valence-corrected chi connectivity index (χ3v) is 3.02. The van der Waals surface area contributed by atoms with Crippen LogP contribution in [0.3, 0.4) is 0 Å². The molecule has 1 aromatic rings. The first-order valence-electron chi connectivity index (χ1n) is 6.68. The third kappa shape index (κ3) is 5.33. The van der Waals surface area contributed by atoms with Crippen molar-refractivity contribution in [3.05, 3.63) is 23.8 Å². The number of carbonyl (C=O) groups is 2. The molecule has 1 rings (SSSR count). The Morgan fingerprint density at radius 1 is 1.14 bits per heavy atom. The summed E-state index contributed by atoms with van der Waals surface area (Å²) in [5, 5.41) is 2.68. The summed E-state index contributed by atoms with van der Waals surface area (Å²) in [7, 11) is 3.15. The van der Waals surface area contributed by atoms with Crippen LogP contribution in [0, 0.1) is 0 Å². The molecule has 6 heteroatoms. The monoisotopic (exact) mass is 294 g/mol. The van der Waals surface area contributed by atoms with Crippen LogP contribution < -0.4 is 14.8 Å². The lowest BCUT2D eigenvalue weighted by Crippen LogP contribution is -2.36. The van der Waals surface area contributed by atoms with Crippen molar-refractivity contribution in [2.24, 2.45) is 0 Å². The van der Waals surface area contributed by atoms with Gasteiger partial charge in [0.05, 0.1) is 14.2 Å². The van der Waals surface area contributed by atoms with Gasteiger partial charge < -0.3 is 19.7 Å². The molecule has 21 heavy (non-hydrogen) atoms. The Kier molecular flexibility index (Phi) is 6.52. The zero-order valence-corrected chi connectivity index (χ0v) is 12.9. The first-order valence-corrected chi connectivity index (χ1v) is 6.68. The highest BCUT2D eigenvalue weighted by molar-refractivity contribution is 5.74. The number of carbonyl (C=O) groups excluding carboxylic acids is 2. The van der Waals surface area contributed by atoms with Gasteiger partial charge >= 0.3 is 0 Å². The van der Waals surface area contributed by atoms with Gasteiger partial charge in [0.25, 0.3) is 0 Å². The van der Waals surface area contributed by atoms with Gasteiger partial charge in [-0.3, -0.25) is 9.59 Å². The van der Waals surface area contributed by atoms with Crippen LogP contribution in [0.1, 0.15) is 19.4 Å². The largest absolute Gasteiger partial charge is 0.493 e. The van der Waals surface area contributed by atoms with Crippen LogP contribution in [0.25, 0.3) is 0 Å². The van der Waals surface area contributed by atoms with Gasteiger partial charge in [0.2, 0.25) is 11.8 Å². The number of nitrogens with zero attached hydrogens (tertiary/aromatic N) is 1. The second-order valence-electron chi connectivity index (χ2n) is 4.61. The quantitative estimate of drug-likeness (QED) is 0.820. The number of amides is 2. The van der Waals surface area contributed by atoms with Crippen molar-refractivity contribution in [3.63, 3.8) is 0 Å². The van der Waals surface area contributed by atoms with Crippen molar-refractivity contribution in [2.75, 3.05) is 27.3 Å². The molecular formula is C15H22N2O4. The number of benzene rings is 1. The molecule has 0 saturated carbocycles. The molecule has 0 aliphatic rings. The van der Waals surface area contributed by atoms with E-state index >= 15 is 0 Å². The molecular weight excluding hydrogens is 272 g/mol. The van der Waals surface area contributed by atoms with Crippen LogP contribution in [0.2, 0.25) is 0 Å². The second-order valence-corrected chi connectivity index (χ2v) is 4.61. The summed E-state index contributed by atoms with van der Waals surface area (Å²) in [5.74, 6) is 1.12. The van der Waals surface area contributed by atoms with Crippen LogP contribution in [0.15, 0.2) is 18.2 Å². The standard InChI is InChI=1S/C15H22N2O4/c1-11(18)16-7-8-17(12(2)19)10-13-5-6-14(20-3)15(9-13)21-4/h5-6,9H,7-8,10H2,1-4H3,(H,16,18). The summed E-state index contributed by atoms with van der Waals surface area (Å²) >= 11 is 0. The molecule has 0 saturated heterocycles. The Balaban J connectivity index is 2.74. The maximum absolute atomic E-state index is 11.7. The normalized spacial score (nSPS) is 9.90. The summed E-state index contributed by atoms with van der Waals surface area (Å²) < 4.78 is 10.4. The molecule has 2 amide bonds. The minimum Gasteiger partial charge on any atom is -0.493 e. The number of hydrogen-bond acceptors (Lipinski definition) is 4. The summed E-state index contributed by atoms with van der Waals surface area (Å²) in [6.07, 6.45) is 0. The lowest BCUT2D eigenvalue weighted by molar-refractivity contribution is -0.130. The average Bonchev–Trinajstić information content (AvgIpc) is 2.45. The number of rotatable bonds is 7. The van der Waals surface area contributed by atoms with Crippen LogP contribution in [-0.4, -0.2) is 44.0 Å². The maximum atomic E-state index is 11.7. The van der Waals surface area contributed by atoms with Crippen molar-refractivity contribution in [2.45, 2.75) is 20.4 Å². The SMILES string of the molecule is COc1ccc(CN(CCNC(C)=O)C(C)=O)cc1OC. The van der Waals surface area contributed by atoms with Gasteiger partial charge in [0.1, 0.15) is 0 Å². The molecule has 0 spiro atoms. The maximum Gasteiger partial charge on any atom is 0.219 e. The van der Waals surface area contributed by atoms with E-state index in [0.29, 0.717) is 31.1 Å². The molecule has 0 aliphatic heterocycles. The Morgan fingerprint density at radius 3 is 2.33 bits per heavy atom. The fourth-order valence-corrected chi connectivity index (χ4v) is 1.91. The van der Waals surface area contributed by atoms with E-state index in [2.05, 4.69) is 5.32 Å². The first kappa shape index (κ1) is 16.8. The number of methoxy groups -OCH3 is 2. The molecule has 0 aliphatic carbocycles. The van der Waals surface area contributed by atoms with E-state index in [0.717, 1.165) is 5.56 Å². The van der Waals surface area contributed by atoms with Crippen LogP contribution >= 0.6 is 0 Å². The summed E-state index contributed by atoms with van der Waals surface area (Å²) in [6.45, 7) is 4.31. The van der Waals surface area contributed by atoms with Gasteiger partial charge in [-0.2, -0.15) is 0 Å². The topological polar surface area (TPSA) is 67.9 Å². The van der Waals surface area contributed by atoms with Crippen molar-refractivity contribution in [3.8, 4) is 11.5 Å². The van der Waals surface area contributed by atoms with E-state index in [4.69, 9.17) is 9.47 Å². The van der Waals surface area contributed by atoms with E-state index in [-0.39, 0.29) is 11.8 Å². The van der Waals surface area contributed by atoms with Crippen LogP contribution in [0.4, 0.5) is 0 Å². The summed E-state index contributed by atoms with van der Waals surface area (Å²) in [6, 6.07) is 5.53. The average molecular weight is 294 g/mol. The van der Waals surface area contributed by atoms with E-state index in [1.807, 2.05) is 12.1 Å². The fourth-order valence-electron chi connectivity index (χ4n) is 1.91. The van der Waals surface area contributed by atoms with Gasteiger partial charge in [0.15, 0.2) is 11.5 Å². The minimum absolute atomic E-state index is 0.0462. The molecule has 0 bridgehead atoms. The molecule has 0 aromatic heterocycles. The van der Waals surface area contributed by atoms with E-state index in [1.54, 1.807) is 25.2 Å². The molecule has 0 unspecified atom stereocenters. The summed E-state index contributed by atoms with van der Waals surface area (Å²) in [5.41, 5.74) is 0.936. The number of hydrogen-bond donors (Lipinski definition) is 1. The van der Waals surface area contributed by atoms with Crippen molar-refractivity contribution < 1.29 is 19.1 Å². The molecule has 1 aromatic carbocycles. The lowest BCUT2D eigenvalue weighted by atomic mass is 10.2. The predicted molar refractivity (Wildman–Crippen MR) is 79.3 cm³/mol. The smallest absolute Gasteiger partial charge is 0.219 e. The van der Waals surface area contributed by atoms with Crippen LogP contribution in [0.5, 0.6) is 11.5 Å². The zero-order chi connectivity index (χ0) is 15.8. The Labute approximate surface area is 125 Å². The molecule has 0 radical (unpaired) electrons. The molecule has 1 N–H and O–H groups in total. The third-order valence-electron chi connectivity index (χ3n) is 3.02. The lowest BCUT2D eigenvalue weighted by Gasteiger charge is -2.21. The highest BCUT2D eigenvalue weighted by Crippen LogP contribution is 2.27. The highest BCUT2D eigenvalue weighted by Gasteiger charge is 2.11. The van der Waals surface area contributed by atoms with E-state index in [9.17, 15) is 9.59 Å². The van der Waals surface area contributed by atoms with Gasteiger partial charge in [-0.25, -0.2) is 0 Å². The van der Waals surface area contributed by atoms with E-state index < -0.39 is 0 Å².